The van der Waals surface area contributed by atoms with E-state index in [9.17, 15) is 4.79 Å². The Hall–Kier alpha value is -2.34. The van der Waals surface area contributed by atoms with Crippen molar-refractivity contribution in [3.8, 4) is 17.2 Å². The van der Waals surface area contributed by atoms with E-state index in [1.165, 1.54) is 0 Å². The van der Waals surface area contributed by atoms with Gasteiger partial charge in [-0.2, -0.15) is 0 Å². The predicted molar refractivity (Wildman–Crippen MR) is 114 cm³/mol. The summed E-state index contributed by atoms with van der Waals surface area (Å²) in [5.41, 5.74) is 1.80. The molecule has 0 unspecified atom stereocenters. The van der Waals surface area contributed by atoms with Crippen molar-refractivity contribution in [2.24, 2.45) is 5.92 Å². The van der Waals surface area contributed by atoms with Crippen LogP contribution in [0.4, 0.5) is 0 Å². The molecule has 1 aliphatic rings. The summed E-state index contributed by atoms with van der Waals surface area (Å²) >= 11 is 0. The maximum atomic E-state index is 12.8. The molecule has 0 saturated carbocycles. The highest BCUT2D eigenvalue weighted by molar-refractivity contribution is 5.79. The van der Waals surface area contributed by atoms with E-state index in [0.29, 0.717) is 19.0 Å². The van der Waals surface area contributed by atoms with Crippen LogP contribution in [0.1, 0.15) is 45.1 Å². The van der Waals surface area contributed by atoms with E-state index in [0.717, 1.165) is 61.8 Å². The molecule has 0 aliphatic carbocycles. The van der Waals surface area contributed by atoms with Gasteiger partial charge in [-0.1, -0.05) is 12.1 Å². The van der Waals surface area contributed by atoms with Crippen molar-refractivity contribution < 1.29 is 13.9 Å². The van der Waals surface area contributed by atoms with Gasteiger partial charge in [-0.3, -0.25) is 9.69 Å². The molecule has 1 atom stereocenters. The molecular formula is C23H33N3O3. The Morgan fingerprint density at radius 1 is 1.28 bits per heavy atom. The van der Waals surface area contributed by atoms with Crippen LogP contribution in [0.15, 0.2) is 28.7 Å². The number of aromatic nitrogens is 1. The number of ether oxygens (including phenoxy) is 1. The predicted octanol–water partition coefficient (Wildman–Crippen LogP) is 4.13. The van der Waals surface area contributed by atoms with Crippen LogP contribution in [0, 0.1) is 12.8 Å². The van der Waals surface area contributed by atoms with E-state index >= 15 is 0 Å². The van der Waals surface area contributed by atoms with Gasteiger partial charge in [0.25, 0.3) is 0 Å². The van der Waals surface area contributed by atoms with Crippen molar-refractivity contribution in [2.75, 3.05) is 32.8 Å². The van der Waals surface area contributed by atoms with Crippen LogP contribution in [-0.2, 0) is 11.3 Å². The van der Waals surface area contributed by atoms with Gasteiger partial charge in [-0.05, 0) is 59.2 Å². The number of hydrogen-bond acceptors (Lipinski definition) is 5. The van der Waals surface area contributed by atoms with Gasteiger partial charge in [0.2, 0.25) is 11.8 Å². The first-order chi connectivity index (χ1) is 14.1. The van der Waals surface area contributed by atoms with Gasteiger partial charge in [0.15, 0.2) is 0 Å². The number of hydrogen-bond donors (Lipinski definition) is 0. The highest BCUT2D eigenvalue weighted by Crippen LogP contribution is 2.31. The number of likely N-dealkylation sites (tertiary alicyclic amines) is 1. The van der Waals surface area contributed by atoms with Gasteiger partial charge in [-0.25, -0.2) is 4.98 Å². The van der Waals surface area contributed by atoms with Crippen LogP contribution < -0.4 is 4.74 Å². The second kappa shape index (κ2) is 9.92. The number of aryl methyl sites for hydroxylation is 1. The first-order valence-corrected chi connectivity index (χ1v) is 10.8. The summed E-state index contributed by atoms with van der Waals surface area (Å²) in [4.78, 5) is 21.8. The summed E-state index contributed by atoms with van der Waals surface area (Å²) in [6.07, 6.45) is 2.01. The Bertz CT molecular complexity index is 813. The highest BCUT2D eigenvalue weighted by atomic mass is 16.5. The first-order valence-electron chi connectivity index (χ1n) is 10.8. The van der Waals surface area contributed by atoms with E-state index in [1.807, 2.05) is 56.9 Å². The van der Waals surface area contributed by atoms with Crippen LogP contribution in [0.3, 0.4) is 0 Å². The fraction of sp³-hybridized carbons (Fsp3) is 0.565. The van der Waals surface area contributed by atoms with E-state index in [-0.39, 0.29) is 11.8 Å². The molecule has 1 saturated heterocycles. The van der Waals surface area contributed by atoms with Gasteiger partial charge < -0.3 is 14.1 Å². The maximum Gasteiger partial charge on any atom is 0.230 e. The lowest BCUT2D eigenvalue weighted by atomic mass is 9.96. The Kier molecular flexibility index (Phi) is 7.31. The average Bonchev–Trinajstić information content (AvgIpc) is 3.10. The SMILES string of the molecule is CCOc1ccccc1-c1nc(CN2CCC[C@H](C(=O)N(CC)CC)C2)c(C)o1. The van der Waals surface area contributed by atoms with Crippen molar-refractivity contribution in [1.82, 2.24) is 14.8 Å². The normalized spacial score (nSPS) is 17.3. The molecule has 2 heterocycles. The molecule has 2 aromatic rings. The average molecular weight is 400 g/mol. The van der Waals surface area contributed by atoms with E-state index in [4.69, 9.17) is 14.1 Å². The molecule has 1 aromatic carbocycles. The van der Waals surface area contributed by atoms with Crippen LogP contribution >= 0.6 is 0 Å². The van der Waals surface area contributed by atoms with Gasteiger partial charge >= 0.3 is 0 Å². The first kappa shape index (κ1) is 21.4. The smallest absolute Gasteiger partial charge is 0.230 e. The summed E-state index contributed by atoms with van der Waals surface area (Å²) in [6.45, 7) is 12.6. The maximum absolute atomic E-state index is 12.8. The van der Waals surface area contributed by atoms with Gasteiger partial charge in [0.1, 0.15) is 11.5 Å². The largest absolute Gasteiger partial charge is 0.493 e. The molecule has 1 fully saturated rings. The summed E-state index contributed by atoms with van der Waals surface area (Å²) in [6, 6.07) is 7.82. The Labute approximate surface area is 173 Å². The van der Waals surface area contributed by atoms with Gasteiger partial charge in [-0.15, -0.1) is 0 Å². The van der Waals surface area contributed by atoms with E-state index in [2.05, 4.69) is 4.90 Å². The number of rotatable bonds is 8. The molecule has 0 spiro atoms. The lowest BCUT2D eigenvalue weighted by Gasteiger charge is -2.34. The number of carbonyl (C=O) groups is 1. The molecule has 0 bridgehead atoms. The molecule has 1 aliphatic heterocycles. The van der Waals surface area contributed by atoms with Gasteiger partial charge in [0, 0.05) is 26.2 Å². The summed E-state index contributed by atoms with van der Waals surface area (Å²) < 4.78 is 11.7. The van der Waals surface area contributed by atoms with E-state index in [1.54, 1.807) is 0 Å². The Balaban J connectivity index is 1.72. The third kappa shape index (κ3) is 4.99. The molecule has 29 heavy (non-hydrogen) atoms. The fourth-order valence-electron chi connectivity index (χ4n) is 4.02. The van der Waals surface area contributed by atoms with Crippen molar-refractivity contribution in [1.29, 1.82) is 0 Å². The lowest BCUT2D eigenvalue weighted by molar-refractivity contribution is -0.137. The standard InChI is InChI=1S/C23H33N3O3/c1-5-26(6-2)23(27)18-11-10-14-25(15-18)16-20-17(4)29-22(24-20)19-12-8-9-13-21(19)28-7-3/h8-9,12-13,18H,5-7,10-11,14-16H2,1-4H3/t18-/m0/s1. The Morgan fingerprint density at radius 3 is 2.76 bits per heavy atom. The monoisotopic (exact) mass is 399 g/mol. The number of carbonyl (C=O) groups excluding carboxylic acids is 1. The number of amides is 1. The highest BCUT2D eigenvalue weighted by Gasteiger charge is 2.29. The lowest BCUT2D eigenvalue weighted by Crippen LogP contribution is -2.44. The van der Waals surface area contributed by atoms with Crippen molar-refractivity contribution in [3.63, 3.8) is 0 Å². The number of nitrogens with zero attached hydrogens (tertiary/aromatic N) is 3. The molecule has 3 rings (SSSR count). The quantitative estimate of drug-likeness (QED) is 0.668. The second-order valence-corrected chi connectivity index (χ2v) is 7.54. The summed E-state index contributed by atoms with van der Waals surface area (Å²) in [7, 11) is 0. The third-order valence-electron chi connectivity index (χ3n) is 5.61. The van der Waals surface area contributed by atoms with Crippen LogP contribution in [0.5, 0.6) is 5.75 Å². The molecular weight excluding hydrogens is 366 g/mol. The zero-order valence-corrected chi connectivity index (χ0v) is 18.1. The van der Waals surface area contributed by atoms with Crippen LogP contribution in [0.25, 0.3) is 11.5 Å². The number of para-hydroxylation sites is 1. The van der Waals surface area contributed by atoms with Crippen molar-refractivity contribution in [2.45, 2.75) is 47.1 Å². The second-order valence-electron chi connectivity index (χ2n) is 7.54. The minimum absolute atomic E-state index is 0.0778. The minimum Gasteiger partial charge on any atom is -0.493 e. The zero-order chi connectivity index (χ0) is 20.8. The van der Waals surface area contributed by atoms with Crippen LogP contribution in [-0.4, -0.2) is 53.5 Å². The van der Waals surface area contributed by atoms with Crippen molar-refractivity contribution >= 4 is 5.91 Å². The molecule has 0 radical (unpaired) electrons. The minimum atomic E-state index is 0.0778. The number of piperidine rings is 1. The molecule has 6 heteroatoms. The summed E-state index contributed by atoms with van der Waals surface area (Å²) in [5.74, 6) is 2.56. The summed E-state index contributed by atoms with van der Waals surface area (Å²) in [5, 5.41) is 0. The van der Waals surface area contributed by atoms with Crippen molar-refractivity contribution in [3.05, 3.63) is 35.7 Å². The topological polar surface area (TPSA) is 58.8 Å². The molecule has 0 N–H and O–H groups in total. The molecule has 158 valence electrons. The van der Waals surface area contributed by atoms with E-state index < -0.39 is 0 Å². The molecule has 1 aromatic heterocycles. The number of oxazole rings is 1. The third-order valence-corrected chi connectivity index (χ3v) is 5.61. The van der Waals surface area contributed by atoms with Crippen LogP contribution in [0.2, 0.25) is 0 Å². The van der Waals surface area contributed by atoms with Gasteiger partial charge in [0.05, 0.1) is 23.8 Å². The number of benzene rings is 1. The zero-order valence-electron chi connectivity index (χ0n) is 18.1. The molecule has 6 nitrogen and oxygen atoms in total. The fourth-order valence-corrected chi connectivity index (χ4v) is 4.02. The Morgan fingerprint density at radius 2 is 2.03 bits per heavy atom. The molecule has 1 amide bonds.